The number of rotatable bonds is 3. The molecule has 2 aromatic rings. The number of benzene rings is 2. The number of carbonyl (C=O) groups excluding carboxylic acids is 1. The van der Waals surface area contributed by atoms with Crippen molar-refractivity contribution in [3.8, 4) is 0 Å². The molecule has 0 radical (unpaired) electrons. The van der Waals surface area contributed by atoms with Gasteiger partial charge in [0.05, 0.1) is 0 Å². The summed E-state index contributed by atoms with van der Waals surface area (Å²) in [7, 11) is 0. The van der Waals surface area contributed by atoms with Gasteiger partial charge in [-0.3, -0.25) is 4.79 Å². The van der Waals surface area contributed by atoms with Crippen molar-refractivity contribution in [2.45, 2.75) is 6.42 Å². The minimum atomic E-state index is 0.00615. The molecule has 0 N–H and O–H groups in total. The molecular formula is C14H9BrCl2O. The van der Waals surface area contributed by atoms with Gasteiger partial charge >= 0.3 is 0 Å². The van der Waals surface area contributed by atoms with Crippen molar-refractivity contribution in [1.82, 2.24) is 0 Å². The zero-order valence-electron chi connectivity index (χ0n) is 9.29. The summed E-state index contributed by atoms with van der Waals surface area (Å²) in [5.74, 6) is 0.00615. The van der Waals surface area contributed by atoms with Gasteiger partial charge in [0, 0.05) is 26.5 Å². The van der Waals surface area contributed by atoms with E-state index >= 15 is 0 Å². The summed E-state index contributed by atoms with van der Waals surface area (Å²) in [5, 5.41) is 1.18. The van der Waals surface area contributed by atoms with Gasteiger partial charge in [0.25, 0.3) is 0 Å². The van der Waals surface area contributed by atoms with Crippen molar-refractivity contribution in [2.75, 3.05) is 0 Å². The van der Waals surface area contributed by atoms with Gasteiger partial charge in [-0.1, -0.05) is 51.3 Å². The second kappa shape index (κ2) is 5.87. The summed E-state index contributed by atoms with van der Waals surface area (Å²) >= 11 is 15.1. The lowest BCUT2D eigenvalue weighted by molar-refractivity contribution is 0.0992. The highest BCUT2D eigenvalue weighted by Crippen LogP contribution is 2.23. The van der Waals surface area contributed by atoms with Crippen LogP contribution < -0.4 is 0 Å². The summed E-state index contributed by atoms with van der Waals surface area (Å²) in [4.78, 5) is 12.2. The van der Waals surface area contributed by atoms with Gasteiger partial charge in [0.15, 0.2) is 5.78 Å². The standard InChI is InChI=1S/C14H9BrCl2O/c15-13-5-4-11(17)8-12(13)14(18)7-9-2-1-3-10(16)6-9/h1-6,8H,7H2. The molecule has 0 aromatic heterocycles. The van der Waals surface area contributed by atoms with E-state index in [0.717, 1.165) is 10.0 Å². The first-order valence-electron chi connectivity index (χ1n) is 5.29. The van der Waals surface area contributed by atoms with Crippen LogP contribution in [0.25, 0.3) is 0 Å². The van der Waals surface area contributed by atoms with Crippen LogP contribution in [0.5, 0.6) is 0 Å². The Labute approximate surface area is 124 Å². The van der Waals surface area contributed by atoms with Gasteiger partial charge in [-0.2, -0.15) is 0 Å². The minimum Gasteiger partial charge on any atom is -0.294 e. The Hall–Kier alpha value is -0.830. The third-order valence-electron chi connectivity index (χ3n) is 2.48. The molecule has 0 unspecified atom stereocenters. The molecule has 0 saturated heterocycles. The molecule has 0 amide bonds. The molecule has 4 heteroatoms. The molecule has 92 valence electrons. The monoisotopic (exact) mass is 342 g/mol. The lowest BCUT2D eigenvalue weighted by Crippen LogP contribution is -2.04. The van der Waals surface area contributed by atoms with Crippen LogP contribution in [-0.4, -0.2) is 5.78 Å². The van der Waals surface area contributed by atoms with Crippen molar-refractivity contribution in [1.29, 1.82) is 0 Å². The maximum absolute atomic E-state index is 12.2. The number of ketones is 1. The Bertz CT molecular complexity index is 596. The Morgan fingerprint density at radius 2 is 1.78 bits per heavy atom. The summed E-state index contributed by atoms with van der Waals surface area (Å²) < 4.78 is 0.749. The van der Waals surface area contributed by atoms with Crippen molar-refractivity contribution in [3.63, 3.8) is 0 Å². The Morgan fingerprint density at radius 1 is 1.06 bits per heavy atom. The van der Waals surface area contributed by atoms with Gasteiger partial charge < -0.3 is 0 Å². The van der Waals surface area contributed by atoms with Crippen LogP contribution in [-0.2, 0) is 6.42 Å². The molecule has 0 spiro atoms. The Morgan fingerprint density at radius 3 is 2.50 bits per heavy atom. The topological polar surface area (TPSA) is 17.1 Å². The SMILES string of the molecule is O=C(Cc1cccc(Cl)c1)c1cc(Cl)ccc1Br. The average Bonchev–Trinajstić information content (AvgIpc) is 2.32. The van der Waals surface area contributed by atoms with E-state index in [1.54, 1.807) is 30.3 Å². The second-order valence-electron chi connectivity index (χ2n) is 3.85. The molecule has 0 saturated carbocycles. The lowest BCUT2D eigenvalue weighted by atomic mass is 10.0. The molecule has 18 heavy (non-hydrogen) atoms. The van der Waals surface area contributed by atoms with Crippen LogP contribution in [0.4, 0.5) is 0 Å². The zero-order chi connectivity index (χ0) is 13.1. The van der Waals surface area contributed by atoms with E-state index in [-0.39, 0.29) is 5.78 Å². The zero-order valence-corrected chi connectivity index (χ0v) is 12.4. The minimum absolute atomic E-state index is 0.00615. The molecule has 0 fully saturated rings. The molecule has 2 aromatic carbocycles. The average molecular weight is 344 g/mol. The van der Waals surface area contributed by atoms with Crippen molar-refractivity contribution < 1.29 is 4.79 Å². The lowest BCUT2D eigenvalue weighted by Gasteiger charge is -2.05. The largest absolute Gasteiger partial charge is 0.294 e. The molecule has 1 nitrogen and oxygen atoms in total. The Balaban J connectivity index is 2.24. The summed E-state index contributed by atoms with van der Waals surface area (Å²) in [6.07, 6.45) is 0.305. The van der Waals surface area contributed by atoms with Crippen LogP contribution in [0.15, 0.2) is 46.9 Å². The van der Waals surface area contributed by atoms with Crippen LogP contribution in [0.1, 0.15) is 15.9 Å². The molecule has 0 aliphatic carbocycles. The van der Waals surface area contributed by atoms with Crippen LogP contribution >= 0.6 is 39.1 Å². The van der Waals surface area contributed by atoms with E-state index in [2.05, 4.69) is 15.9 Å². The third-order valence-corrected chi connectivity index (χ3v) is 3.64. The fourth-order valence-electron chi connectivity index (χ4n) is 1.64. The van der Waals surface area contributed by atoms with Crippen molar-refractivity contribution in [2.24, 2.45) is 0 Å². The molecule has 2 rings (SSSR count). The second-order valence-corrected chi connectivity index (χ2v) is 5.58. The fourth-order valence-corrected chi connectivity index (χ4v) is 2.49. The van der Waals surface area contributed by atoms with Crippen LogP contribution in [0.2, 0.25) is 10.0 Å². The smallest absolute Gasteiger partial charge is 0.168 e. The quantitative estimate of drug-likeness (QED) is 0.701. The van der Waals surface area contributed by atoms with Gasteiger partial charge in [0.1, 0.15) is 0 Å². The number of carbonyl (C=O) groups is 1. The van der Waals surface area contributed by atoms with Gasteiger partial charge in [0.2, 0.25) is 0 Å². The first kappa shape index (κ1) is 13.6. The van der Waals surface area contributed by atoms with E-state index < -0.39 is 0 Å². The highest BCUT2D eigenvalue weighted by atomic mass is 79.9. The molecule has 0 bridgehead atoms. The Kier molecular flexibility index (Phi) is 4.44. The van der Waals surface area contributed by atoms with E-state index in [1.807, 2.05) is 12.1 Å². The first-order chi connectivity index (χ1) is 8.56. The van der Waals surface area contributed by atoms with Gasteiger partial charge in [-0.05, 0) is 35.9 Å². The number of hydrogen-bond acceptors (Lipinski definition) is 1. The predicted octanol–water partition coefficient (Wildman–Crippen LogP) is 5.18. The predicted molar refractivity (Wildman–Crippen MR) is 78.6 cm³/mol. The molecule has 0 aliphatic heterocycles. The highest BCUT2D eigenvalue weighted by Gasteiger charge is 2.11. The summed E-state index contributed by atoms with van der Waals surface area (Å²) in [6, 6.07) is 12.5. The van der Waals surface area contributed by atoms with E-state index in [4.69, 9.17) is 23.2 Å². The maximum Gasteiger partial charge on any atom is 0.168 e. The molecule has 0 atom stereocenters. The summed E-state index contributed by atoms with van der Waals surface area (Å²) in [6.45, 7) is 0. The van der Waals surface area contributed by atoms with Crippen molar-refractivity contribution in [3.05, 3.63) is 68.1 Å². The summed E-state index contributed by atoms with van der Waals surface area (Å²) in [5.41, 5.74) is 1.47. The maximum atomic E-state index is 12.2. The van der Waals surface area contributed by atoms with Gasteiger partial charge in [-0.25, -0.2) is 0 Å². The normalized spacial score (nSPS) is 10.4. The van der Waals surface area contributed by atoms with Crippen LogP contribution in [0.3, 0.4) is 0 Å². The number of Topliss-reactive ketones (excluding diaryl/α,β-unsaturated/α-hetero) is 1. The molecular weight excluding hydrogens is 335 g/mol. The van der Waals surface area contributed by atoms with E-state index in [9.17, 15) is 4.79 Å². The third kappa shape index (κ3) is 3.35. The number of hydrogen-bond donors (Lipinski definition) is 0. The molecule has 0 heterocycles. The van der Waals surface area contributed by atoms with E-state index in [1.165, 1.54) is 0 Å². The highest BCUT2D eigenvalue weighted by molar-refractivity contribution is 9.10. The van der Waals surface area contributed by atoms with E-state index in [0.29, 0.717) is 22.0 Å². The van der Waals surface area contributed by atoms with Crippen molar-refractivity contribution >= 4 is 44.9 Å². The first-order valence-corrected chi connectivity index (χ1v) is 6.84. The van der Waals surface area contributed by atoms with Gasteiger partial charge in [-0.15, -0.1) is 0 Å². The number of halogens is 3. The molecule has 0 aliphatic rings. The fraction of sp³-hybridized carbons (Fsp3) is 0.0714. The van der Waals surface area contributed by atoms with Crippen LogP contribution in [0, 0.1) is 0 Å².